The SMILES string of the molecule is CC(=O)c1ccc(N2CCN(c3nc4ccccc4c4nc(C)nn34)CC2)c(F)c1. The van der Waals surface area contributed by atoms with Crippen molar-refractivity contribution in [3.63, 3.8) is 0 Å². The first-order valence-electron chi connectivity index (χ1n) is 9.94. The average molecular weight is 404 g/mol. The topological polar surface area (TPSA) is 66.6 Å². The Kier molecular flexibility index (Phi) is 4.34. The molecule has 7 nitrogen and oxygen atoms in total. The van der Waals surface area contributed by atoms with Gasteiger partial charge in [-0.3, -0.25) is 4.79 Å². The molecular weight excluding hydrogens is 383 g/mol. The molecule has 1 fully saturated rings. The summed E-state index contributed by atoms with van der Waals surface area (Å²) in [6.07, 6.45) is 0. The van der Waals surface area contributed by atoms with Crippen molar-refractivity contribution in [2.45, 2.75) is 13.8 Å². The lowest BCUT2D eigenvalue weighted by Gasteiger charge is -2.36. The van der Waals surface area contributed by atoms with Gasteiger partial charge >= 0.3 is 0 Å². The summed E-state index contributed by atoms with van der Waals surface area (Å²) >= 11 is 0. The third kappa shape index (κ3) is 3.04. The molecule has 5 rings (SSSR count). The largest absolute Gasteiger partial charge is 0.366 e. The van der Waals surface area contributed by atoms with Crippen molar-refractivity contribution in [1.82, 2.24) is 19.6 Å². The van der Waals surface area contributed by atoms with E-state index < -0.39 is 0 Å². The van der Waals surface area contributed by atoms with Gasteiger partial charge in [-0.05, 0) is 44.2 Å². The van der Waals surface area contributed by atoms with Gasteiger partial charge < -0.3 is 9.80 Å². The van der Waals surface area contributed by atoms with E-state index in [4.69, 9.17) is 4.98 Å². The summed E-state index contributed by atoms with van der Waals surface area (Å²) in [6.45, 7) is 5.94. The number of piperazine rings is 1. The Morgan fingerprint density at radius 3 is 2.47 bits per heavy atom. The van der Waals surface area contributed by atoms with Crippen molar-refractivity contribution in [3.05, 3.63) is 59.7 Å². The van der Waals surface area contributed by atoms with Gasteiger partial charge in [0.05, 0.1) is 11.2 Å². The third-order valence-electron chi connectivity index (χ3n) is 5.53. The highest BCUT2D eigenvalue weighted by atomic mass is 19.1. The normalized spacial score (nSPS) is 14.6. The van der Waals surface area contributed by atoms with Gasteiger partial charge in [0.25, 0.3) is 0 Å². The molecule has 1 saturated heterocycles. The minimum Gasteiger partial charge on any atom is -0.366 e. The molecule has 0 unspecified atom stereocenters. The van der Waals surface area contributed by atoms with Crippen LogP contribution in [-0.2, 0) is 0 Å². The van der Waals surface area contributed by atoms with E-state index in [9.17, 15) is 9.18 Å². The van der Waals surface area contributed by atoms with Crippen molar-refractivity contribution in [2.75, 3.05) is 36.0 Å². The molecule has 3 heterocycles. The van der Waals surface area contributed by atoms with Crippen molar-refractivity contribution >= 4 is 34.0 Å². The lowest BCUT2D eigenvalue weighted by Crippen LogP contribution is -2.47. The molecule has 2 aromatic heterocycles. The molecule has 0 N–H and O–H groups in total. The van der Waals surface area contributed by atoms with Crippen LogP contribution in [0.4, 0.5) is 16.0 Å². The fraction of sp³-hybridized carbons (Fsp3) is 0.273. The predicted molar refractivity (Wildman–Crippen MR) is 114 cm³/mol. The van der Waals surface area contributed by atoms with Gasteiger partial charge in [0.2, 0.25) is 5.95 Å². The highest BCUT2D eigenvalue weighted by Crippen LogP contribution is 2.26. The molecule has 152 valence electrons. The second-order valence-electron chi connectivity index (χ2n) is 7.52. The Hall–Kier alpha value is -3.55. The van der Waals surface area contributed by atoms with E-state index in [1.807, 2.05) is 36.1 Å². The monoisotopic (exact) mass is 404 g/mol. The summed E-state index contributed by atoms with van der Waals surface area (Å²) in [7, 11) is 0. The number of anilines is 2. The van der Waals surface area contributed by atoms with Crippen LogP contribution in [0.5, 0.6) is 0 Å². The Balaban J connectivity index is 1.44. The Morgan fingerprint density at radius 2 is 1.73 bits per heavy atom. The molecule has 30 heavy (non-hydrogen) atoms. The van der Waals surface area contributed by atoms with Gasteiger partial charge in [-0.15, -0.1) is 5.10 Å². The Morgan fingerprint density at radius 1 is 1.00 bits per heavy atom. The van der Waals surface area contributed by atoms with E-state index in [0.29, 0.717) is 43.3 Å². The fourth-order valence-corrected chi connectivity index (χ4v) is 3.98. The molecule has 1 aliphatic rings. The van der Waals surface area contributed by atoms with Crippen molar-refractivity contribution in [3.8, 4) is 0 Å². The van der Waals surface area contributed by atoms with Gasteiger partial charge in [0, 0.05) is 37.1 Å². The van der Waals surface area contributed by atoms with Gasteiger partial charge in [0.1, 0.15) is 11.6 Å². The molecule has 2 aromatic carbocycles. The van der Waals surface area contributed by atoms with E-state index in [2.05, 4.69) is 15.0 Å². The van der Waals surface area contributed by atoms with Crippen LogP contribution < -0.4 is 9.80 Å². The molecule has 0 atom stereocenters. The van der Waals surface area contributed by atoms with E-state index in [-0.39, 0.29) is 11.6 Å². The number of aromatic nitrogens is 4. The lowest BCUT2D eigenvalue weighted by molar-refractivity contribution is 0.101. The quantitative estimate of drug-likeness (QED) is 0.489. The van der Waals surface area contributed by atoms with Gasteiger partial charge in [0.15, 0.2) is 11.4 Å². The molecule has 0 aliphatic carbocycles. The van der Waals surface area contributed by atoms with Gasteiger partial charge in [-0.2, -0.15) is 4.52 Å². The number of carbonyl (C=O) groups is 1. The maximum Gasteiger partial charge on any atom is 0.229 e. The van der Waals surface area contributed by atoms with E-state index in [1.165, 1.54) is 13.0 Å². The number of halogens is 1. The summed E-state index contributed by atoms with van der Waals surface area (Å²) < 4.78 is 16.4. The first-order chi connectivity index (χ1) is 14.5. The molecular formula is C22H21FN6O. The molecule has 0 saturated carbocycles. The first kappa shape index (κ1) is 18.5. The summed E-state index contributed by atoms with van der Waals surface area (Å²) in [5, 5.41) is 5.52. The maximum atomic E-state index is 14.6. The summed E-state index contributed by atoms with van der Waals surface area (Å²) in [6, 6.07) is 12.6. The zero-order chi connectivity index (χ0) is 20.8. The number of nitrogens with zero attached hydrogens (tertiary/aromatic N) is 6. The Labute approximate surface area is 172 Å². The molecule has 0 amide bonds. The van der Waals surface area contributed by atoms with E-state index in [0.717, 1.165) is 22.5 Å². The maximum absolute atomic E-state index is 14.6. The van der Waals surface area contributed by atoms with E-state index in [1.54, 1.807) is 16.6 Å². The minimum absolute atomic E-state index is 0.139. The zero-order valence-corrected chi connectivity index (χ0v) is 16.8. The van der Waals surface area contributed by atoms with Crippen molar-refractivity contribution < 1.29 is 9.18 Å². The molecule has 8 heteroatoms. The number of Topliss-reactive ketones (excluding diaryl/α,β-unsaturated/α-hetero) is 1. The zero-order valence-electron chi connectivity index (χ0n) is 16.8. The molecule has 0 radical (unpaired) electrons. The standard InChI is InChI=1S/C22H21FN6O/c1-14(30)16-7-8-20(18(23)13-16)27-9-11-28(12-10-27)22-25-19-6-4-3-5-17(19)21-24-15(2)26-29(21)22/h3-8,13H,9-12H2,1-2H3. The van der Waals surface area contributed by atoms with Crippen molar-refractivity contribution in [1.29, 1.82) is 0 Å². The number of hydrogen-bond donors (Lipinski definition) is 0. The van der Waals surface area contributed by atoms with Gasteiger partial charge in [-0.1, -0.05) is 12.1 Å². The highest BCUT2D eigenvalue weighted by Gasteiger charge is 2.24. The lowest BCUT2D eigenvalue weighted by atomic mass is 10.1. The summed E-state index contributed by atoms with van der Waals surface area (Å²) in [5.41, 5.74) is 2.58. The number of para-hydroxylation sites is 1. The number of fused-ring (bicyclic) bond motifs is 3. The summed E-state index contributed by atoms with van der Waals surface area (Å²) in [4.78, 5) is 25.1. The van der Waals surface area contributed by atoms with Crippen LogP contribution in [0.2, 0.25) is 0 Å². The van der Waals surface area contributed by atoms with Crippen LogP contribution in [0.1, 0.15) is 23.1 Å². The number of hydrogen-bond acceptors (Lipinski definition) is 6. The van der Waals surface area contributed by atoms with E-state index >= 15 is 0 Å². The van der Waals surface area contributed by atoms with Crippen LogP contribution >= 0.6 is 0 Å². The summed E-state index contributed by atoms with van der Waals surface area (Å²) in [5.74, 6) is 0.936. The first-order valence-corrected chi connectivity index (χ1v) is 9.94. The van der Waals surface area contributed by atoms with Crippen molar-refractivity contribution in [2.24, 2.45) is 0 Å². The number of carbonyl (C=O) groups excluding carboxylic acids is 1. The van der Waals surface area contributed by atoms with Crippen LogP contribution in [-0.4, -0.2) is 51.5 Å². The third-order valence-corrected chi connectivity index (χ3v) is 5.53. The fourth-order valence-electron chi connectivity index (χ4n) is 3.98. The number of ketones is 1. The predicted octanol–water partition coefficient (Wildman–Crippen LogP) is 3.25. The van der Waals surface area contributed by atoms with Crippen LogP contribution in [0.15, 0.2) is 42.5 Å². The minimum atomic E-state index is -0.366. The van der Waals surface area contributed by atoms with Crippen LogP contribution in [0.3, 0.4) is 0 Å². The number of aryl methyl sites for hydroxylation is 1. The highest BCUT2D eigenvalue weighted by molar-refractivity contribution is 5.94. The molecule has 0 spiro atoms. The number of rotatable bonds is 3. The second kappa shape index (κ2) is 7.05. The van der Waals surface area contributed by atoms with Crippen LogP contribution in [0, 0.1) is 12.7 Å². The molecule has 0 bridgehead atoms. The van der Waals surface area contributed by atoms with Crippen LogP contribution in [0.25, 0.3) is 16.6 Å². The second-order valence-corrected chi connectivity index (χ2v) is 7.52. The average Bonchev–Trinajstić information content (AvgIpc) is 3.15. The molecule has 4 aromatic rings. The Bertz CT molecular complexity index is 1280. The number of benzene rings is 2. The molecule has 1 aliphatic heterocycles. The van der Waals surface area contributed by atoms with Gasteiger partial charge in [-0.25, -0.2) is 14.4 Å². The smallest absolute Gasteiger partial charge is 0.229 e.